The van der Waals surface area contributed by atoms with Crippen molar-refractivity contribution in [2.45, 2.75) is 58.1 Å². The Balaban J connectivity index is 2.47. The van der Waals surface area contributed by atoms with E-state index in [1.807, 2.05) is 0 Å². The predicted molar refractivity (Wildman–Crippen MR) is 67.2 cm³/mol. The Morgan fingerprint density at radius 2 is 2.12 bits per heavy atom. The molecule has 1 rings (SSSR count). The molecule has 0 aromatic rings. The van der Waals surface area contributed by atoms with Gasteiger partial charge in [0.2, 0.25) is 0 Å². The second-order valence-electron chi connectivity index (χ2n) is 5.75. The molecule has 1 aliphatic rings. The molecule has 1 N–H and O–H groups in total. The van der Waals surface area contributed by atoms with E-state index in [0.29, 0.717) is 6.54 Å². The Morgan fingerprint density at radius 3 is 2.59 bits per heavy atom. The summed E-state index contributed by atoms with van der Waals surface area (Å²) in [5.74, 6) is -0.733. The van der Waals surface area contributed by atoms with Gasteiger partial charge in [-0.2, -0.15) is 0 Å². The lowest BCUT2D eigenvalue weighted by Gasteiger charge is -2.38. The van der Waals surface area contributed by atoms with Gasteiger partial charge in [0, 0.05) is 25.2 Å². The third kappa shape index (κ3) is 5.50. The first-order valence-electron chi connectivity index (χ1n) is 6.48. The number of rotatable bonds is 5. The van der Waals surface area contributed by atoms with Crippen LogP contribution < -0.4 is 0 Å². The first kappa shape index (κ1) is 14.5. The molecule has 1 fully saturated rings. The summed E-state index contributed by atoms with van der Waals surface area (Å²) in [5, 5.41) is 8.78. The minimum Gasteiger partial charge on any atom is -0.481 e. The van der Waals surface area contributed by atoms with Crippen LogP contribution in [0.3, 0.4) is 0 Å². The summed E-state index contributed by atoms with van der Waals surface area (Å²) in [6.45, 7) is 8.66. The van der Waals surface area contributed by atoms with Crippen molar-refractivity contribution >= 4 is 5.97 Å². The number of carbonyl (C=O) groups is 1. The number of hydrogen-bond acceptors (Lipinski definition) is 3. The van der Waals surface area contributed by atoms with Gasteiger partial charge in [-0.3, -0.25) is 9.69 Å². The number of hydrogen-bond donors (Lipinski definition) is 1. The fraction of sp³-hybridized carbons (Fsp3) is 0.923. The van der Waals surface area contributed by atoms with E-state index >= 15 is 0 Å². The lowest BCUT2D eigenvalue weighted by atomic mass is 10.0. The van der Waals surface area contributed by atoms with Crippen molar-refractivity contribution in [2.24, 2.45) is 0 Å². The van der Waals surface area contributed by atoms with Crippen LogP contribution in [0.4, 0.5) is 0 Å². The normalized spacial score (nSPS) is 21.8. The van der Waals surface area contributed by atoms with Crippen LogP contribution in [0.2, 0.25) is 0 Å². The molecular formula is C13H25NO3. The Bertz CT molecular complexity index is 242. The predicted octanol–water partition coefficient (Wildman–Crippen LogP) is 2.13. The molecule has 4 heteroatoms. The van der Waals surface area contributed by atoms with E-state index in [9.17, 15) is 4.79 Å². The molecular weight excluding hydrogens is 218 g/mol. The lowest BCUT2D eigenvalue weighted by molar-refractivity contribution is -0.137. The van der Waals surface area contributed by atoms with Crippen LogP contribution in [-0.4, -0.2) is 47.3 Å². The van der Waals surface area contributed by atoms with Crippen molar-refractivity contribution < 1.29 is 14.6 Å². The number of carboxylic acid groups (broad SMARTS) is 1. The van der Waals surface area contributed by atoms with Crippen molar-refractivity contribution in [1.29, 1.82) is 0 Å². The van der Waals surface area contributed by atoms with Crippen molar-refractivity contribution in [2.75, 3.05) is 19.7 Å². The quantitative estimate of drug-likeness (QED) is 0.803. The SMILES string of the molecule is CC(C)(C)N(CCC(=O)O)CC1CCCCO1. The number of nitrogens with zero attached hydrogens (tertiary/aromatic N) is 1. The third-order valence-electron chi connectivity index (χ3n) is 3.24. The number of carboxylic acids is 1. The van der Waals surface area contributed by atoms with E-state index < -0.39 is 5.97 Å². The maximum Gasteiger partial charge on any atom is 0.304 e. The highest BCUT2D eigenvalue weighted by Gasteiger charge is 2.26. The Labute approximate surface area is 104 Å². The Kier molecular flexibility index (Phi) is 5.40. The van der Waals surface area contributed by atoms with Crippen molar-refractivity contribution in [3.63, 3.8) is 0 Å². The summed E-state index contributed by atoms with van der Waals surface area (Å²) in [6.07, 6.45) is 3.95. The molecule has 0 bridgehead atoms. The molecule has 0 saturated carbocycles. The molecule has 1 aliphatic heterocycles. The van der Waals surface area contributed by atoms with Gasteiger partial charge in [0.1, 0.15) is 0 Å². The van der Waals surface area contributed by atoms with Gasteiger partial charge in [0.05, 0.1) is 12.5 Å². The largest absolute Gasteiger partial charge is 0.481 e. The first-order valence-corrected chi connectivity index (χ1v) is 6.48. The highest BCUT2D eigenvalue weighted by molar-refractivity contribution is 5.66. The average Bonchev–Trinajstić information content (AvgIpc) is 2.23. The lowest BCUT2D eigenvalue weighted by Crippen LogP contribution is -2.47. The van der Waals surface area contributed by atoms with E-state index in [1.165, 1.54) is 6.42 Å². The Morgan fingerprint density at radius 1 is 1.41 bits per heavy atom. The molecule has 0 amide bonds. The van der Waals surface area contributed by atoms with Crippen LogP contribution in [0, 0.1) is 0 Å². The van der Waals surface area contributed by atoms with Crippen molar-refractivity contribution in [3.05, 3.63) is 0 Å². The fourth-order valence-electron chi connectivity index (χ4n) is 2.13. The van der Waals surface area contributed by atoms with Gasteiger partial charge in [0.15, 0.2) is 0 Å². The minimum absolute atomic E-state index is 0.00371. The van der Waals surface area contributed by atoms with Crippen LogP contribution in [0.1, 0.15) is 46.5 Å². The number of ether oxygens (including phenoxy) is 1. The van der Waals surface area contributed by atoms with E-state index in [4.69, 9.17) is 9.84 Å². The average molecular weight is 243 g/mol. The molecule has 17 heavy (non-hydrogen) atoms. The van der Waals surface area contributed by atoms with Gasteiger partial charge in [-0.1, -0.05) is 0 Å². The second-order valence-corrected chi connectivity index (χ2v) is 5.75. The van der Waals surface area contributed by atoms with Gasteiger partial charge < -0.3 is 9.84 Å². The second kappa shape index (κ2) is 6.36. The maximum atomic E-state index is 10.7. The molecule has 1 atom stereocenters. The topological polar surface area (TPSA) is 49.8 Å². The molecule has 1 saturated heterocycles. The van der Waals surface area contributed by atoms with E-state index in [2.05, 4.69) is 25.7 Å². The summed E-state index contributed by atoms with van der Waals surface area (Å²) in [7, 11) is 0. The van der Waals surface area contributed by atoms with Gasteiger partial charge in [-0.15, -0.1) is 0 Å². The molecule has 0 spiro atoms. The van der Waals surface area contributed by atoms with Gasteiger partial charge in [0.25, 0.3) is 0 Å². The molecule has 100 valence electrons. The van der Waals surface area contributed by atoms with Crippen LogP contribution >= 0.6 is 0 Å². The summed E-state index contributed by atoms with van der Waals surface area (Å²) in [5.41, 5.74) is -0.00371. The third-order valence-corrected chi connectivity index (χ3v) is 3.24. The van der Waals surface area contributed by atoms with E-state index in [0.717, 1.165) is 26.0 Å². The van der Waals surface area contributed by atoms with Gasteiger partial charge >= 0.3 is 5.97 Å². The molecule has 0 aliphatic carbocycles. The molecule has 0 radical (unpaired) electrons. The highest BCUT2D eigenvalue weighted by Crippen LogP contribution is 2.19. The van der Waals surface area contributed by atoms with Crippen molar-refractivity contribution in [1.82, 2.24) is 4.90 Å². The summed E-state index contributed by atoms with van der Waals surface area (Å²) < 4.78 is 5.72. The van der Waals surface area contributed by atoms with Crippen LogP contribution in [0.5, 0.6) is 0 Å². The minimum atomic E-state index is -0.733. The highest BCUT2D eigenvalue weighted by atomic mass is 16.5. The fourth-order valence-corrected chi connectivity index (χ4v) is 2.13. The van der Waals surface area contributed by atoms with E-state index in [1.54, 1.807) is 0 Å². The zero-order valence-corrected chi connectivity index (χ0v) is 11.2. The summed E-state index contributed by atoms with van der Waals surface area (Å²) in [6, 6.07) is 0. The molecule has 4 nitrogen and oxygen atoms in total. The Hall–Kier alpha value is -0.610. The maximum absolute atomic E-state index is 10.7. The summed E-state index contributed by atoms with van der Waals surface area (Å²) >= 11 is 0. The molecule has 0 aromatic heterocycles. The van der Waals surface area contributed by atoms with Crippen LogP contribution in [-0.2, 0) is 9.53 Å². The standard InChI is InChI=1S/C13H25NO3/c1-13(2,3)14(8-7-12(15)16)10-11-6-4-5-9-17-11/h11H,4-10H2,1-3H3,(H,15,16). The molecule has 0 aromatic carbocycles. The molecule has 1 heterocycles. The van der Waals surface area contributed by atoms with Crippen LogP contribution in [0.15, 0.2) is 0 Å². The number of aliphatic carboxylic acids is 1. The zero-order valence-electron chi connectivity index (χ0n) is 11.2. The van der Waals surface area contributed by atoms with Crippen molar-refractivity contribution in [3.8, 4) is 0 Å². The molecule has 1 unspecified atom stereocenters. The van der Waals surface area contributed by atoms with Gasteiger partial charge in [-0.25, -0.2) is 0 Å². The van der Waals surface area contributed by atoms with Crippen LogP contribution in [0.25, 0.3) is 0 Å². The van der Waals surface area contributed by atoms with E-state index in [-0.39, 0.29) is 18.1 Å². The first-order chi connectivity index (χ1) is 7.89. The van der Waals surface area contributed by atoms with Gasteiger partial charge in [-0.05, 0) is 40.0 Å². The monoisotopic (exact) mass is 243 g/mol. The zero-order chi connectivity index (χ0) is 12.9. The smallest absolute Gasteiger partial charge is 0.304 e. The summed E-state index contributed by atoms with van der Waals surface area (Å²) in [4.78, 5) is 12.9.